The van der Waals surface area contributed by atoms with E-state index in [0.717, 1.165) is 48.0 Å². The van der Waals surface area contributed by atoms with Crippen molar-refractivity contribution in [1.29, 1.82) is 0 Å². The summed E-state index contributed by atoms with van der Waals surface area (Å²) in [6, 6.07) is 20.8. The summed E-state index contributed by atoms with van der Waals surface area (Å²) in [5.41, 5.74) is 4.53. The van der Waals surface area contributed by atoms with E-state index in [4.69, 9.17) is 0 Å². The third kappa shape index (κ3) is 4.97. The van der Waals surface area contributed by atoms with Gasteiger partial charge in [0.2, 0.25) is 5.91 Å². The van der Waals surface area contributed by atoms with Crippen molar-refractivity contribution in [1.82, 2.24) is 19.4 Å². The molecule has 1 saturated heterocycles. The van der Waals surface area contributed by atoms with Gasteiger partial charge in [0, 0.05) is 66.6 Å². The summed E-state index contributed by atoms with van der Waals surface area (Å²) >= 11 is 3.80. The van der Waals surface area contributed by atoms with Crippen LogP contribution in [0, 0.1) is 5.92 Å². The average molecular weight is 574 g/mol. The zero-order valence-corrected chi connectivity index (χ0v) is 23.2. The van der Waals surface area contributed by atoms with Crippen molar-refractivity contribution in [2.45, 2.75) is 44.3 Å². The number of hydrogen-bond donors (Lipinski definition) is 1. The predicted octanol–water partition coefficient (Wildman–Crippen LogP) is 5.04. The van der Waals surface area contributed by atoms with Gasteiger partial charge in [0.1, 0.15) is 0 Å². The van der Waals surface area contributed by atoms with Gasteiger partial charge >= 0.3 is 0 Å². The minimum absolute atomic E-state index is 0.0256. The van der Waals surface area contributed by atoms with Crippen molar-refractivity contribution in [3.05, 3.63) is 105 Å². The van der Waals surface area contributed by atoms with Crippen LogP contribution in [0.4, 0.5) is 0 Å². The molecule has 6 rings (SSSR count). The molecule has 38 heavy (non-hydrogen) atoms. The van der Waals surface area contributed by atoms with E-state index in [1.165, 1.54) is 16.5 Å². The number of rotatable bonds is 7. The summed E-state index contributed by atoms with van der Waals surface area (Å²) < 4.78 is 4.93. The molecule has 196 valence electrons. The number of carbonyl (C=O) groups excluding carboxylic acids is 1. The first-order valence-corrected chi connectivity index (χ1v) is 14.3. The lowest BCUT2D eigenvalue weighted by molar-refractivity contribution is -0.138. The molecule has 2 aromatic heterocycles. The van der Waals surface area contributed by atoms with E-state index in [1.807, 2.05) is 18.3 Å². The summed E-state index contributed by atoms with van der Waals surface area (Å²) in [6.45, 7) is 2.86. The molecule has 1 unspecified atom stereocenters. The molecule has 0 bridgehead atoms. The molecule has 7 heteroatoms. The molecule has 0 spiro atoms. The van der Waals surface area contributed by atoms with E-state index in [0.29, 0.717) is 13.1 Å². The first kappa shape index (κ1) is 25.1. The zero-order chi connectivity index (χ0) is 26.2. The van der Waals surface area contributed by atoms with E-state index in [9.17, 15) is 9.59 Å². The van der Waals surface area contributed by atoms with Crippen molar-refractivity contribution in [3.8, 4) is 0 Å². The van der Waals surface area contributed by atoms with Crippen LogP contribution in [0.15, 0.2) is 82.3 Å². The molecule has 2 fully saturated rings. The Morgan fingerprint density at radius 3 is 2.66 bits per heavy atom. The maximum absolute atomic E-state index is 14.2. The number of nitrogens with one attached hydrogen (secondary N) is 1. The van der Waals surface area contributed by atoms with Crippen molar-refractivity contribution in [2.75, 3.05) is 13.1 Å². The van der Waals surface area contributed by atoms with Crippen LogP contribution in [-0.2, 0) is 24.9 Å². The van der Waals surface area contributed by atoms with Gasteiger partial charge in [-0.2, -0.15) is 0 Å². The molecule has 1 N–H and O–H groups in total. The number of aromatic nitrogens is 2. The van der Waals surface area contributed by atoms with Crippen LogP contribution in [0.3, 0.4) is 0 Å². The normalized spacial score (nSPS) is 19.5. The molecule has 4 aromatic rings. The lowest BCUT2D eigenvalue weighted by Gasteiger charge is -2.35. The molecular formula is C31H33BrN4O2. The van der Waals surface area contributed by atoms with E-state index >= 15 is 0 Å². The summed E-state index contributed by atoms with van der Waals surface area (Å²) in [7, 11) is 1.76. The summed E-state index contributed by atoms with van der Waals surface area (Å²) in [5.74, 6) is 0.0593. The lowest BCUT2D eigenvalue weighted by Crippen LogP contribution is -2.47. The first-order valence-electron chi connectivity index (χ1n) is 13.5. The molecule has 1 aliphatic heterocycles. The zero-order valence-electron chi connectivity index (χ0n) is 21.6. The number of hydrogen-bond acceptors (Lipinski definition) is 3. The summed E-state index contributed by atoms with van der Waals surface area (Å²) in [6.07, 6.45) is 6.99. The third-order valence-electron chi connectivity index (χ3n) is 8.10. The molecule has 2 aliphatic rings. The molecule has 2 aromatic carbocycles. The number of piperidine rings is 1. The van der Waals surface area contributed by atoms with E-state index in [1.54, 1.807) is 17.7 Å². The maximum Gasteiger partial charge on any atom is 0.250 e. The molecule has 3 heterocycles. The van der Waals surface area contributed by atoms with Crippen molar-refractivity contribution in [2.24, 2.45) is 13.0 Å². The lowest BCUT2D eigenvalue weighted by atomic mass is 9.80. The number of nitrogens with zero attached hydrogens (tertiary/aromatic N) is 3. The van der Waals surface area contributed by atoms with Crippen LogP contribution in [0.5, 0.6) is 0 Å². The highest BCUT2D eigenvalue weighted by atomic mass is 79.9. The number of halogens is 1. The van der Waals surface area contributed by atoms with Gasteiger partial charge in [0.15, 0.2) is 0 Å². The minimum atomic E-state index is -0.183. The van der Waals surface area contributed by atoms with Gasteiger partial charge in [-0.1, -0.05) is 52.3 Å². The summed E-state index contributed by atoms with van der Waals surface area (Å²) in [5, 5.41) is 4.62. The van der Waals surface area contributed by atoms with Gasteiger partial charge in [-0.25, -0.2) is 0 Å². The number of carbonyl (C=O) groups is 1. The Labute approximate surface area is 231 Å². The van der Waals surface area contributed by atoms with Crippen LogP contribution in [0.25, 0.3) is 10.9 Å². The van der Waals surface area contributed by atoms with Gasteiger partial charge in [0.05, 0.1) is 5.92 Å². The SMILES string of the molecule is Cn1ccc(C2CCNC[C@@H]2C(=O)N(Cc2cn(Cc3ccccc3)c3cccc(Br)c23)C2CC2)cc1=O. The maximum atomic E-state index is 14.2. The van der Waals surface area contributed by atoms with Gasteiger partial charge in [-0.05, 0) is 66.6 Å². The van der Waals surface area contributed by atoms with E-state index in [-0.39, 0.29) is 29.3 Å². The Balaban J connectivity index is 1.33. The highest BCUT2D eigenvalue weighted by Gasteiger charge is 2.40. The standard InChI is InChI=1S/C31H33BrN4O2/c1-34-15-13-22(16-29(34)37)25-12-14-33-17-26(25)31(38)36(24-10-11-24)20-23-19-35(18-21-6-3-2-4-7-21)28-9-5-8-27(32)30(23)28/h2-9,13,15-16,19,24-26,33H,10-12,14,17-18,20H2,1H3/t25?,26-/m0/s1. The van der Waals surface area contributed by atoms with Gasteiger partial charge < -0.3 is 19.4 Å². The Bertz CT molecular complexity index is 1520. The third-order valence-corrected chi connectivity index (χ3v) is 8.76. The number of amides is 1. The van der Waals surface area contributed by atoms with Gasteiger partial charge in [0.25, 0.3) is 5.56 Å². The van der Waals surface area contributed by atoms with Crippen LogP contribution >= 0.6 is 15.9 Å². The number of fused-ring (bicyclic) bond motifs is 1. The second-order valence-electron chi connectivity index (χ2n) is 10.7. The van der Waals surface area contributed by atoms with Gasteiger partial charge in [-0.15, -0.1) is 0 Å². The molecule has 1 amide bonds. The molecule has 6 nitrogen and oxygen atoms in total. The smallest absolute Gasteiger partial charge is 0.250 e. The van der Waals surface area contributed by atoms with Crippen molar-refractivity contribution in [3.63, 3.8) is 0 Å². The fourth-order valence-corrected chi connectivity index (χ4v) is 6.51. The van der Waals surface area contributed by atoms with Crippen molar-refractivity contribution < 1.29 is 4.79 Å². The van der Waals surface area contributed by atoms with Crippen molar-refractivity contribution >= 4 is 32.7 Å². The Morgan fingerprint density at radius 2 is 1.89 bits per heavy atom. The molecular weight excluding hydrogens is 540 g/mol. The predicted molar refractivity (Wildman–Crippen MR) is 154 cm³/mol. The highest BCUT2D eigenvalue weighted by molar-refractivity contribution is 9.10. The Hall–Kier alpha value is -3.16. The number of pyridine rings is 1. The molecule has 1 aliphatic carbocycles. The topological polar surface area (TPSA) is 59.3 Å². The number of benzene rings is 2. The van der Waals surface area contributed by atoms with Gasteiger partial charge in [-0.3, -0.25) is 9.59 Å². The van der Waals surface area contributed by atoms with Crippen LogP contribution < -0.4 is 10.9 Å². The van der Waals surface area contributed by atoms with Crippen LogP contribution in [-0.4, -0.2) is 39.1 Å². The fraction of sp³-hybridized carbons (Fsp3) is 0.355. The Kier molecular flexibility index (Phi) is 6.97. The monoisotopic (exact) mass is 572 g/mol. The van der Waals surface area contributed by atoms with Crippen LogP contribution in [0.1, 0.15) is 41.9 Å². The summed E-state index contributed by atoms with van der Waals surface area (Å²) in [4.78, 5) is 28.7. The second kappa shape index (κ2) is 10.5. The van der Waals surface area contributed by atoms with Crippen LogP contribution in [0.2, 0.25) is 0 Å². The molecule has 0 radical (unpaired) electrons. The minimum Gasteiger partial charge on any atom is -0.343 e. The average Bonchev–Trinajstić information content (AvgIpc) is 3.72. The van der Waals surface area contributed by atoms with E-state index < -0.39 is 0 Å². The van der Waals surface area contributed by atoms with E-state index in [2.05, 4.69) is 79.4 Å². The highest BCUT2D eigenvalue weighted by Crippen LogP contribution is 2.38. The largest absolute Gasteiger partial charge is 0.343 e. The number of aryl methyl sites for hydroxylation is 1. The quantitative estimate of drug-likeness (QED) is 0.337. The molecule has 2 atom stereocenters. The second-order valence-corrected chi connectivity index (χ2v) is 11.6. The fourth-order valence-electron chi connectivity index (χ4n) is 5.90. The first-order chi connectivity index (χ1) is 18.5. The molecule has 1 saturated carbocycles. The Morgan fingerprint density at radius 1 is 1.08 bits per heavy atom.